The minimum absolute atomic E-state index is 0. The fourth-order valence-electron chi connectivity index (χ4n) is 3.20. The van der Waals surface area contributed by atoms with Crippen molar-refractivity contribution >= 4 is 18.3 Å². The van der Waals surface area contributed by atoms with Crippen molar-refractivity contribution in [3.63, 3.8) is 0 Å². The number of nitrogens with one attached hydrogen (secondary N) is 1. The maximum atomic E-state index is 12.5. The molecular formula is C18H25ClN2O2. The second-order valence-corrected chi connectivity index (χ2v) is 6.87. The van der Waals surface area contributed by atoms with Crippen LogP contribution in [0.25, 0.3) is 0 Å². The Morgan fingerprint density at radius 2 is 1.87 bits per heavy atom. The third-order valence-corrected chi connectivity index (χ3v) is 4.92. The summed E-state index contributed by atoms with van der Waals surface area (Å²) < 4.78 is 6.30. The number of halogens is 1. The molecule has 1 aromatic rings. The van der Waals surface area contributed by atoms with E-state index >= 15 is 0 Å². The highest BCUT2D eigenvalue weighted by molar-refractivity contribution is 5.85. The molecule has 0 radical (unpaired) electrons. The van der Waals surface area contributed by atoms with E-state index in [1.54, 1.807) is 0 Å². The Bertz CT molecular complexity index is 531. The number of morpholine rings is 1. The van der Waals surface area contributed by atoms with E-state index in [4.69, 9.17) is 4.74 Å². The minimum atomic E-state index is 0. The van der Waals surface area contributed by atoms with Crippen LogP contribution in [0.2, 0.25) is 0 Å². The molecule has 3 fully saturated rings. The van der Waals surface area contributed by atoms with E-state index in [1.807, 2.05) is 23.1 Å². The fourth-order valence-corrected chi connectivity index (χ4v) is 3.20. The van der Waals surface area contributed by atoms with Gasteiger partial charge in [-0.3, -0.25) is 4.79 Å². The number of ether oxygens (including phenoxy) is 1. The Morgan fingerprint density at radius 1 is 1.13 bits per heavy atom. The molecule has 2 saturated carbocycles. The van der Waals surface area contributed by atoms with E-state index in [2.05, 4.69) is 17.4 Å². The first kappa shape index (κ1) is 16.7. The molecular weight excluding hydrogens is 312 g/mol. The molecule has 3 aliphatic rings. The highest BCUT2D eigenvalue weighted by atomic mass is 35.5. The van der Waals surface area contributed by atoms with Crippen LogP contribution < -0.4 is 5.32 Å². The van der Waals surface area contributed by atoms with E-state index in [0.717, 1.165) is 6.54 Å². The van der Waals surface area contributed by atoms with Crippen LogP contribution in [0, 0.1) is 5.92 Å². The van der Waals surface area contributed by atoms with Gasteiger partial charge in [0.1, 0.15) is 6.10 Å². The molecule has 4 nitrogen and oxygen atoms in total. The Balaban J connectivity index is 0.00000156. The van der Waals surface area contributed by atoms with Crippen molar-refractivity contribution < 1.29 is 9.53 Å². The molecule has 23 heavy (non-hydrogen) atoms. The lowest BCUT2D eigenvalue weighted by Gasteiger charge is -2.38. The maximum absolute atomic E-state index is 12.5. The highest BCUT2D eigenvalue weighted by Gasteiger charge is 2.40. The first-order valence-electron chi connectivity index (χ1n) is 8.51. The predicted octanol–water partition coefficient (Wildman–Crippen LogP) is 2.54. The van der Waals surface area contributed by atoms with Crippen molar-refractivity contribution in [3.8, 4) is 0 Å². The normalized spacial score (nSPS) is 27.4. The van der Waals surface area contributed by atoms with E-state index in [-0.39, 0.29) is 30.5 Å². The molecule has 0 spiro atoms. The summed E-state index contributed by atoms with van der Waals surface area (Å²) in [5.74, 6) is 0.875. The lowest BCUT2D eigenvalue weighted by atomic mass is 10.0. The van der Waals surface area contributed by atoms with Gasteiger partial charge in [0.05, 0.1) is 19.2 Å². The van der Waals surface area contributed by atoms with Crippen LogP contribution in [0.15, 0.2) is 30.3 Å². The summed E-state index contributed by atoms with van der Waals surface area (Å²) in [5.41, 5.74) is 1.18. The molecule has 2 aliphatic carbocycles. The summed E-state index contributed by atoms with van der Waals surface area (Å²) in [6.45, 7) is 1.92. The van der Waals surface area contributed by atoms with Crippen LogP contribution in [0.1, 0.15) is 37.4 Å². The van der Waals surface area contributed by atoms with Crippen LogP contribution in [-0.2, 0) is 9.53 Å². The van der Waals surface area contributed by atoms with Crippen LogP contribution >= 0.6 is 12.4 Å². The van der Waals surface area contributed by atoms with Gasteiger partial charge in [-0.1, -0.05) is 30.3 Å². The fraction of sp³-hybridized carbons (Fsp3) is 0.611. The second kappa shape index (κ2) is 7.20. The molecule has 5 heteroatoms. The first-order valence-corrected chi connectivity index (χ1v) is 8.51. The van der Waals surface area contributed by atoms with Crippen molar-refractivity contribution in [1.82, 2.24) is 10.2 Å². The topological polar surface area (TPSA) is 41.6 Å². The van der Waals surface area contributed by atoms with Crippen molar-refractivity contribution in [2.75, 3.05) is 19.6 Å². The van der Waals surface area contributed by atoms with Gasteiger partial charge in [-0.15, -0.1) is 12.4 Å². The Hall–Kier alpha value is -1.10. The Kier molecular flexibility index (Phi) is 5.24. The average Bonchev–Trinajstić information content (AvgIpc) is 3.46. The summed E-state index contributed by atoms with van der Waals surface area (Å²) in [4.78, 5) is 14.5. The molecule has 1 N–H and O–H groups in total. The van der Waals surface area contributed by atoms with Crippen molar-refractivity contribution in [2.45, 2.75) is 43.9 Å². The maximum Gasteiger partial charge on any atom is 0.236 e. The van der Waals surface area contributed by atoms with Crippen LogP contribution in [0.4, 0.5) is 0 Å². The SMILES string of the molecule is Cl.O=C(CNC1CC1)N1C[C@@H](c2ccccc2)O[C@@H](C2CC2)C1. The lowest BCUT2D eigenvalue weighted by Crippen LogP contribution is -2.50. The predicted molar refractivity (Wildman–Crippen MR) is 91.6 cm³/mol. The second-order valence-electron chi connectivity index (χ2n) is 6.87. The van der Waals surface area contributed by atoms with Gasteiger partial charge >= 0.3 is 0 Å². The van der Waals surface area contributed by atoms with Gasteiger partial charge < -0.3 is 15.0 Å². The molecule has 1 aliphatic heterocycles. The summed E-state index contributed by atoms with van der Waals surface area (Å²) in [6, 6.07) is 10.9. The molecule has 1 amide bonds. The zero-order valence-corrected chi connectivity index (χ0v) is 14.1. The summed E-state index contributed by atoms with van der Waals surface area (Å²) >= 11 is 0. The molecule has 2 atom stereocenters. The number of nitrogens with zero attached hydrogens (tertiary/aromatic N) is 1. The van der Waals surface area contributed by atoms with E-state index in [1.165, 1.54) is 31.2 Å². The molecule has 4 rings (SSSR count). The van der Waals surface area contributed by atoms with Crippen molar-refractivity contribution in [2.24, 2.45) is 5.92 Å². The summed E-state index contributed by atoms with van der Waals surface area (Å²) in [6.07, 6.45) is 5.15. The molecule has 1 aromatic carbocycles. The minimum Gasteiger partial charge on any atom is -0.366 e. The average molecular weight is 337 g/mol. The summed E-state index contributed by atoms with van der Waals surface area (Å²) in [5, 5.41) is 3.34. The van der Waals surface area contributed by atoms with Gasteiger partial charge in [-0.2, -0.15) is 0 Å². The zero-order chi connectivity index (χ0) is 14.9. The number of amides is 1. The Morgan fingerprint density at radius 3 is 2.52 bits per heavy atom. The van der Waals surface area contributed by atoms with Crippen molar-refractivity contribution in [3.05, 3.63) is 35.9 Å². The number of rotatable bonds is 5. The van der Waals surface area contributed by atoms with E-state index < -0.39 is 0 Å². The van der Waals surface area contributed by atoms with E-state index in [0.29, 0.717) is 25.0 Å². The number of carbonyl (C=O) groups is 1. The molecule has 1 saturated heterocycles. The quantitative estimate of drug-likeness (QED) is 0.898. The number of carbonyl (C=O) groups excluding carboxylic acids is 1. The van der Waals surface area contributed by atoms with Gasteiger partial charge in [0.15, 0.2) is 0 Å². The molecule has 1 heterocycles. The molecule has 0 bridgehead atoms. The third-order valence-electron chi connectivity index (χ3n) is 4.92. The van der Waals surface area contributed by atoms with Gasteiger partial charge in [0.25, 0.3) is 0 Å². The zero-order valence-electron chi connectivity index (χ0n) is 13.3. The monoisotopic (exact) mass is 336 g/mol. The molecule has 0 aromatic heterocycles. The van der Waals surface area contributed by atoms with Gasteiger partial charge in [-0.05, 0) is 37.2 Å². The van der Waals surface area contributed by atoms with E-state index in [9.17, 15) is 4.79 Å². The van der Waals surface area contributed by atoms with Crippen molar-refractivity contribution in [1.29, 1.82) is 0 Å². The third kappa shape index (κ3) is 4.25. The molecule has 126 valence electrons. The van der Waals surface area contributed by atoms with Crippen LogP contribution in [0.3, 0.4) is 0 Å². The largest absolute Gasteiger partial charge is 0.366 e. The number of hydrogen-bond acceptors (Lipinski definition) is 3. The first-order chi connectivity index (χ1) is 10.8. The van der Waals surface area contributed by atoms with Crippen LogP contribution in [-0.4, -0.2) is 42.6 Å². The Labute approximate surface area is 144 Å². The lowest BCUT2D eigenvalue weighted by molar-refractivity contribution is -0.147. The van der Waals surface area contributed by atoms with Gasteiger partial charge in [-0.25, -0.2) is 0 Å². The highest BCUT2D eigenvalue weighted by Crippen LogP contribution is 2.39. The smallest absolute Gasteiger partial charge is 0.236 e. The van der Waals surface area contributed by atoms with Gasteiger partial charge in [0.2, 0.25) is 5.91 Å². The summed E-state index contributed by atoms with van der Waals surface area (Å²) in [7, 11) is 0. The molecule has 0 unspecified atom stereocenters. The standard InChI is InChI=1S/C18H24N2O2.ClH/c21-18(10-19-15-8-9-15)20-11-16(13-4-2-1-3-5-13)22-17(12-20)14-6-7-14;/h1-5,14-17,19H,6-12H2;1H/t16-,17+;/m0./s1. The number of hydrogen-bond donors (Lipinski definition) is 1. The van der Waals surface area contributed by atoms with Crippen LogP contribution in [0.5, 0.6) is 0 Å². The number of benzene rings is 1. The van der Waals surface area contributed by atoms with Gasteiger partial charge in [0, 0.05) is 12.6 Å².